The van der Waals surface area contributed by atoms with Gasteiger partial charge in [0.2, 0.25) is 5.91 Å². The lowest BCUT2D eigenvalue weighted by atomic mass is 10.2. The molecule has 1 amide bonds. The first-order chi connectivity index (χ1) is 13.7. The molecular formula is C21H23N3O3S. The molecular weight excluding hydrogens is 374 g/mol. The number of para-hydroxylation sites is 1. The van der Waals surface area contributed by atoms with Crippen LogP contribution in [0.3, 0.4) is 0 Å². The summed E-state index contributed by atoms with van der Waals surface area (Å²) in [5.41, 5.74) is 1.64. The number of aromatic nitrogens is 1. The molecule has 6 nitrogen and oxygen atoms in total. The molecule has 0 saturated carbocycles. The number of carbonyl (C=O) groups is 1. The molecule has 1 N–H and O–H groups in total. The minimum Gasteiger partial charge on any atom is -0.497 e. The van der Waals surface area contributed by atoms with Gasteiger partial charge in [0.05, 0.1) is 42.7 Å². The molecule has 0 spiro atoms. The SMILES string of the molecule is COc1ccc(OC)c(NC(=O)CN2CCCC2c2nc3ccccc3s2)c1. The van der Waals surface area contributed by atoms with E-state index in [4.69, 9.17) is 14.5 Å². The Balaban J connectivity index is 1.48. The molecule has 1 aliphatic heterocycles. The molecule has 4 rings (SSSR count). The summed E-state index contributed by atoms with van der Waals surface area (Å²) in [5.74, 6) is 1.21. The van der Waals surface area contributed by atoms with Crippen molar-refractivity contribution in [2.75, 3.05) is 32.6 Å². The van der Waals surface area contributed by atoms with Crippen LogP contribution >= 0.6 is 11.3 Å². The second-order valence-electron chi connectivity index (χ2n) is 6.76. The Hall–Kier alpha value is -2.64. The van der Waals surface area contributed by atoms with Gasteiger partial charge in [-0.25, -0.2) is 4.98 Å². The zero-order valence-electron chi connectivity index (χ0n) is 16.0. The molecule has 1 unspecified atom stereocenters. The normalized spacial score (nSPS) is 17.0. The van der Waals surface area contributed by atoms with Gasteiger partial charge in [-0.1, -0.05) is 12.1 Å². The molecule has 1 aromatic heterocycles. The van der Waals surface area contributed by atoms with Gasteiger partial charge in [0, 0.05) is 6.07 Å². The third-order valence-electron chi connectivity index (χ3n) is 4.99. The fourth-order valence-corrected chi connectivity index (χ4v) is 4.75. The van der Waals surface area contributed by atoms with Gasteiger partial charge in [-0.15, -0.1) is 11.3 Å². The lowest BCUT2D eigenvalue weighted by Crippen LogP contribution is -2.33. The maximum atomic E-state index is 12.7. The molecule has 7 heteroatoms. The van der Waals surface area contributed by atoms with Crippen LogP contribution in [0, 0.1) is 0 Å². The third-order valence-corrected chi connectivity index (χ3v) is 6.12. The number of hydrogen-bond donors (Lipinski definition) is 1. The molecule has 2 heterocycles. The Kier molecular flexibility index (Phi) is 5.45. The van der Waals surface area contributed by atoms with Crippen molar-refractivity contribution in [3.8, 4) is 11.5 Å². The fourth-order valence-electron chi connectivity index (χ4n) is 3.61. The number of thiazole rings is 1. The van der Waals surface area contributed by atoms with E-state index in [1.807, 2.05) is 18.2 Å². The number of benzene rings is 2. The number of ether oxygens (including phenoxy) is 2. The minimum absolute atomic E-state index is 0.0698. The summed E-state index contributed by atoms with van der Waals surface area (Å²) in [6.45, 7) is 1.21. The van der Waals surface area contributed by atoms with Crippen molar-refractivity contribution in [2.24, 2.45) is 0 Å². The first kappa shape index (κ1) is 18.7. The number of methoxy groups -OCH3 is 2. The molecule has 1 saturated heterocycles. The first-order valence-electron chi connectivity index (χ1n) is 9.29. The number of nitrogens with one attached hydrogen (secondary N) is 1. The van der Waals surface area contributed by atoms with E-state index >= 15 is 0 Å². The average Bonchev–Trinajstić information content (AvgIpc) is 3.34. The maximum absolute atomic E-state index is 12.7. The van der Waals surface area contributed by atoms with Crippen LogP contribution in [0.15, 0.2) is 42.5 Å². The lowest BCUT2D eigenvalue weighted by molar-refractivity contribution is -0.117. The van der Waals surface area contributed by atoms with Crippen LogP contribution in [0.25, 0.3) is 10.2 Å². The summed E-state index contributed by atoms with van der Waals surface area (Å²) in [6, 6.07) is 13.7. The van der Waals surface area contributed by atoms with Crippen LogP contribution in [0.2, 0.25) is 0 Å². The summed E-state index contributed by atoms with van der Waals surface area (Å²) in [5, 5.41) is 4.05. The van der Waals surface area contributed by atoms with Crippen molar-refractivity contribution in [3.05, 3.63) is 47.5 Å². The van der Waals surface area contributed by atoms with Gasteiger partial charge in [0.25, 0.3) is 0 Å². The van der Waals surface area contributed by atoms with E-state index < -0.39 is 0 Å². The van der Waals surface area contributed by atoms with Crippen molar-refractivity contribution >= 4 is 33.1 Å². The average molecular weight is 398 g/mol. The van der Waals surface area contributed by atoms with Crippen LogP contribution in [-0.4, -0.2) is 43.1 Å². The van der Waals surface area contributed by atoms with Gasteiger partial charge in [-0.05, 0) is 43.7 Å². The molecule has 1 fully saturated rings. The number of nitrogens with zero attached hydrogens (tertiary/aromatic N) is 2. The zero-order valence-corrected chi connectivity index (χ0v) is 16.8. The van der Waals surface area contributed by atoms with Crippen LogP contribution in [0.4, 0.5) is 5.69 Å². The van der Waals surface area contributed by atoms with Gasteiger partial charge in [-0.2, -0.15) is 0 Å². The molecule has 0 aliphatic carbocycles. The van der Waals surface area contributed by atoms with Crippen molar-refractivity contribution in [1.82, 2.24) is 9.88 Å². The molecule has 1 aliphatic rings. The van der Waals surface area contributed by atoms with Gasteiger partial charge in [-0.3, -0.25) is 9.69 Å². The van der Waals surface area contributed by atoms with Gasteiger partial charge in [0.15, 0.2) is 0 Å². The number of anilines is 1. The summed E-state index contributed by atoms with van der Waals surface area (Å²) in [7, 11) is 3.18. The molecule has 146 valence electrons. The molecule has 0 bridgehead atoms. The third kappa shape index (κ3) is 3.81. The number of fused-ring (bicyclic) bond motifs is 1. The highest BCUT2D eigenvalue weighted by Gasteiger charge is 2.30. The Morgan fingerprint density at radius 1 is 1.25 bits per heavy atom. The summed E-state index contributed by atoms with van der Waals surface area (Å²) >= 11 is 1.72. The second kappa shape index (κ2) is 8.16. The molecule has 3 aromatic rings. The topological polar surface area (TPSA) is 63.7 Å². The Morgan fingerprint density at radius 2 is 2.11 bits per heavy atom. The summed E-state index contributed by atoms with van der Waals surface area (Å²) in [6.07, 6.45) is 2.09. The number of likely N-dealkylation sites (tertiary alicyclic amines) is 1. The number of rotatable bonds is 6. The standard InChI is InChI=1S/C21H23N3O3S/c1-26-14-9-10-18(27-2)16(12-14)22-20(25)13-24-11-5-7-17(24)21-23-15-6-3-4-8-19(15)28-21/h3-4,6,8-10,12,17H,5,7,11,13H2,1-2H3,(H,22,25). The summed E-state index contributed by atoms with van der Waals surface area (Å²) in [4.78, 5) is 19.7. The molecule has 28 heavy (non-hydrogen) atoms. The zero-order chi connectivity index (χ0) is 19.5. The highest BCUT2D eigenvalue weighted by molar-refractivity contribution is 7.18. The van der Waals surface area contributed by atoms with E-state index in [0.29, 0.717) is 23.7 Å². The van der Waals surface area contributed by atoms with Crippen molar-refractivity contribution in [2.45, 2.75) is 18.9 Å². The highest BCUT2D eigenvalue weighted by atomic mass is 32.1. The van der Waals surface area contributed by atoms with E-state index in [0.717, 1.165) is 29.9 Å². The quantitative estimate of drug-likeness (QED) is 0.679. The van der Waals surface area contributed by atoms with Crippen molar-refractivity contribution in [3.63, 3.8) is 0 Å². The van der Waals surface area contributed by atoms with Crippen molar-refractivity contribution < 1.29 is 14.3 Å². The van der Waals surface area contributed by atoms with Crippen molar-refractivity contribution in [1.29, 1.82) is 0 Å². The first-order valence-corrected chi connectivity index (χ1v) is 10.1. The van der Waals surface area contributed by atoms with Crippen LogP contribution < -0.4 is 14.8 Å². The molecule has 0 radical (unpaired) electrons. The van der Waals surface area contributed by atoms with Gasteiger partial charge < -0.3 is 14.8 Å². The van der Waals surface area contributed by atoms with E-state index in [2.05, 4.69) is 16.3 Å². The number of hydrogen-bond acceptors (Lipinski definition) is 6. The van der Waals surface area contributed by atoms with Gasteiger partial charge >= 0.3 is 0 Å². The smallest absolute Gasteiger partial charge is 0.238 e. The maximum Gasteiger partial charge on any atom is 0.238 e. The Morgan fingerprint density at radius 3 is 2.89 bits per heavy atom. The second-order valence-corrected chi connectivity index (χ2v) is 7.82. The van der Waals surface area contributed by atoms with E-state index in [-0.39, 0.29) is 11.9 Å². The highest BCUT2D eigenvalue weighted by Crippen LogP contribution is 2.36. The van der Waals surface area contributed by atoms with Crippen LogP contribution in [0.5, 0.6) is 11.5 Å². The number of amides is 1. The number of carbonyl (C=O) groups excluding carboxylic acids is 1. The monoisotopic (exact) mass is 397 g/mol. The predicted octanol–water partition coefficient (Wildman–Crippen LogP) is 4.09. The van der Waals surface area contributed by atoms with E-state index in [1.54, 1.807) is 43.8 Å². The molecule has 2 aromatic carbocycles. The van der Waals surface area contributed by atoms with E-state index in [1.165, 1.54) is 4.70 Å². The largest absolute Gasteiger partial charge is 0.497 e. The molecule has 1 atom stereocenters. The minimum atomic E-state index is -0.0698. The summed E-state index contributed by atoms with van der Waals surface area (Å²) < 4.78 is 11.8. The van der Waals surface area contributed by atoms with Crippen LogP contribution in [0.1, 0.15) is 23.9 Å². The van der Waals surface area contributed by atoms with Crippen LogP contribution in [-0.2, 0) is 4.79 Å². The fraction of sp³-hybridized carbons (Fsp3) is 0.333. The van der Waals surface area contributed by atoms with E-state index in [9.17, 15) is 4.79 Å². The van der Waals surface area contributed by atoms with Gasteiger partial charge in [0.1, 0.15) is 16.5 Å². The Bertz CT molecular complexity index is 955. The predicted molar refractivity (Wildman–Crippen MR) is 111 cm³/mol. The lowest BCUT2D eigenvalue weighted by Gasteiger charge is -2.22. The Labute approximate surface area is 168 Å².